The summed E-state index contributed by atoms with van der Waals surface area (Å²) in [6.45, 7) is 2.41. The topological polar surface area (TPSA) is 151 Å². The van der Waals surface area contributed by atoms with Crippen LogP contribution in [0.4, 0.5) is 4.39 Å². The number of fused-ring (bicyclic) bond motifs is 5. The number of benzene rings is 1. The molecule has 0 fully saturated rings. The summed E-state index contributed by atoms with van der Waals surface area (Å²) in [5.74, 6) is -2.00. The standard InChI is InChI=1S/C27H26FN3O7/c1-3-27(37)15-6-19-23-13(8-31(19)25(35)14(15)10-38-26(27)36)22-17(30-24(34)20(33)9-32)5-4-12-11(2)16(28)7-18(29-23)21(12)22/h6-7,17,20,32-33,37H,3-5,8-10H2,1-2H3,(H,30,34)/t17-,20+,27-/m0/s1. The van der Waals surface area contributed by atoms with Crippen LogP contribution in [-0.2, 0) is 39.5 Å². The minimum Gasteiger partial charge on any atom is -0.458 e. The second-order valence-electron chi connectivity index (χ2n) is 10.1. The van der Waals surface area contributed by atoms with E-state index in [0.717, 1.165) is 5.56 Å². The van der Waals surface area contributed by atoms with Crippen LogP contribution >= 0.6 is 0 Å². The third-order valence-electron chi connectivity index (χ3n) is 8.17. The van der Waals surface area contributed by atoms with Gasteiger partial charge in [-0.15, -0.1) is 0 Å². The van der Waals surface area contributed by atoms with Crippen molar-refractivity contribution in [1.29, 1.82) is 0 Å². The number of amides is 1. The molecule has 0 spiro atoms. The zero-order valence-electron chi connectivity index (χ0n) is 20.8. The van der Waals surface area contributed by atoms with Crippen molar-refractivity contribution in [2.75, 3.05) is 6.61 Å². The summed E-state index contributed by atoms with van der Waals surface area (Å²) in [4.78, 5) is 43.4. The van der Waals surface area contributed by atoms with Crippen molar-refractivity contribution in [3.05, 3.63) is 61.7 Å². The summed E-state index contributed by atoms with van der Waals surface area (Å²) in [6, 6.07) is 2.32. The zero-order chi connectivity index (χ0) is 27.1. The minimum absolute atomic E-state index is 0.000119. The Morgan fingerprint density at radius 2 is 2.08 bits per heavy atom. The number of carbonyl (C=O) groups is 2. The fourth-order valence-electron chi connectivity index (χ4n) is 6.05. The number of halogens is 1. The molecule has 11 heteroatoms. The van der Waals surface area contributed by atoms with E-state index in [0.29, 0.717) is 51.8 Å². The van der Waals surface area contributed by atoms with Gasteiger partial charge in [-0.25, -0.2) is 14.2 Å². The van der Waals surface area contributed by atoms with Crippen molar-refractivity contribution in [2.24, 2.45) is 0 Å². The van der Waals surface area contributed by atoms with Gasteiger partial charge >= 0.3 is 5.97 Å². The normalized spacial score (nSPS) is 21.9. The van der Waals surface area contributed by atoms with Gasteiger partial charge in [-0.2, -0.15) is 0 Å². The molecule has 0 saturated heterocycles. The molecule has 3 aromatic rings. The number of hydrogen-bond donors (Lipinski definition) is 4. The van der Waals surface area contributed by atoms with E-state index in [1.807, 2.05) is 0 Å². The maximum absolute atomic E-state index is 14.9. The number of aliphatic hydroxyl groups is 3. The monoisotopic (exact) mass is 523 g/mol. The first kappa shape index (κ1) is 24.7. The third kappa shape index (κ3) is 3.22. The SMILES string of the molecule is CC[C@@]1(O)C(=O)OCc2c1cc1n(c2=O)Cc2c-1nc1cc(F)c(C)c3c1c2[C@@H](NC(=O)[C@H](O)CO)CC3. The van der Waals surface area contributed by atoms with E-state index in [4.69, 9.17) is 9.72 Å². The lowest BCUT2D eigenvalue weighted by Crippen LogP contribution is -2.44. The van der Waals surface area contributed by atoms with Crippen LogP contribution in [0.3, 0.4) is 0 Å². The molecule has 2 aromatic heterocycles. The molecular weight excluding hydrogens is 497 g/mol. The van der Waals surface area contributed by atoms with Crippen LogP contribution in [0, 0.1) is 12.7 Å². The molecule has 3 aliphatic rings. The minimum atomic E-state index is -1.98. The molecule has 1 aliphatic carbocycles. The first-order valence-electron chi connectivity index (χ1n) is 12.5. The van der Waals surface area contributed by atoms with Crippen molar-refractivity contribution in [3.8, 4) is 11.4 Å². The molecule has 4 N–H and O–H groups in total. The number of aromatic nitrogens is 2. The van der Waals surface area contributed by atoms with Gasteiger partial charge in [0, 0.05) is 22.6 Å². The lowest BCUT2D eigenvalue weighted by molar-refractivity contribution is -0.172. The molecule has 10 nitrogen and oxygen atoms in total. The number of hydrogen-bond acceptors (Lipinski definition) is 8. The largest absolute Gasteiger partial charge is 0.458 e. The van der Waals surface area contributed by atoms with Gasteiger partial charge in [0.15, 0.2) is 11.7 Å². The maximum Gasteiger partial charge on any atom is 0.343 e. The van der Waals surface area contributed by atoms with Gasteiger partial charge in [0.05, 0.1) is 41.7 Å². The van der Waals surface area contributed by atoms with E-state index in [2.05, 4.69) is 5.32 Å². The maximum atomic E-state index is 14.9. The number of pyridine rings is 2. The molecule has 0 unspecified atom stereocenters. The Labute approximate surface area is 215 Å². The molecule has 3 atom stereocenters. The van der Waals surface area contributed by atoms with Gasteiger partial charge in [0.25, 0.3) is 11.5 Å². The van der Waals surface area contributed by atoms with Crippen LogP contribution in [0.2, 0.25) is 0 Å². The molecule has 198 valence electrons. The Morgan fingerprint density at radius 1 is 1.32 bits per heavy atom. The van der Waals surface area contributed by atoms with E-state index < -0.39 is 47.6 Å². The van der Waals surface area contributed by atoms with Gasteiger partial charge in [0.2, 0.25) is 0 Å². The highest BCUT2D eigenvalue weighted by Gasteiger charge is 2.46. The quantitative estimate of drug-likeness (QED) is 0.289. The lowest BCUT2D eigenvalue weighted by atomic mass is 9.81. The zero-order valence-corrected chi connectivity index (χ0v) is 20.8. The molecule has 0 bridgehead atoms. The highest BCUT2D eigenvalue weighted by molar-refractivity contribution is 5.94. The number of ether oxygens (including phenoxy) is 1. The van der Waals surface area contributed by atoms with E-state index >= 15 is 0 Å². The molecule has 6 rings (SSSR count). The predicted molar refractivity (Wildman–Crippen MR) is 132 cm³/mol. The smallest absolute Gasteiger partial charge is 0.343 e. The van der Waals surface area contributed by atoms with Gasteiger partial charge < -0.3 is 29.9 Å². The van der Waals surface area contributed by atoms with Crippen LogP contribution in [0.1, 0.15) is 59.2 Å². The van der Waals surface area contributed by atoms with E-state index in [-0.39, 0.29) is 30.7 Å². The van der Waals surface area contributed by atoms with Gasteiger partial charge in [0.1, 0.15) is 12.4 Å². The molecule has 0 saturated carbocycles. The average molecular weight is 524 g/mol. The van der Waals surface area contributed by atoms with Crippen molar-refractivity contribution in [3.63, 3.8) is 0 Å². The van der Waals surface area contributed by atoms with Gasteiger partial charge in [-0.3, -0.25) is 9.59 Å². The summed E-state index contributed by atoms with van der Waals surface area (Å²) in [7, 11) is 0. The molecule has 2 aliphatic heterocycles. The first-order chi connectivity index (χ1) is 18.1. The Balaban J connectivity index is 1.63. The highest BCUT2D eigenvalue weighted by atomic mass is 19.1. The molecule has 1 aromatic carbocycles. The first-order valence-corrected chi connectivity index (χ1v) is 12.5. The van der Waals surface area contributed by atoms with Crippen LogP contribution in [0.25, 0.3) is 22.3 Å². The second-order valence-corrected chi connectivity index (χ2v) is 10.1. The molecule has 4 heterocycles. The average Bonchev–Trinajstić information content (AvgIpc) is 3.28. The number of esters is 1. The van der Waals surface area contributed by atoms with E-state index in [9.17, 15) is 34.1 Å². The number of carbonyl (C=O) groups excluding carboxylic acids is 2. The van der Waals surface area contributed by atoms with E-state index in [1.54, 1.807) is 19.9 Å². The van der Waals surface area contributed by atoms with Gasteiger partial charge in [-0.1, -0.05) is 6.92 Å². The Morgan fingerprint density at radius 3 is 2.79 bits per heavy atom. The van der Waals surface area contributed by atoms with Crippen molar-refractivity contribution in [2.45, 2.75) is 64.0 Å². The van der Waals surface area contributed by atoms with Crippen LogP contribution in [0.5, 0.6) is 0 Å². The number of cyclic esters (lactones) is 1. The fraction of sp³-hybridized carbons (Fsp3) is 0.407. The fourth-order valence-corrected chi connectivity index (χ4v) is 6.05. The van der Waals surface area contributed by atoms with Crippen LogP contribution in [0.15, 0.2) is 16.9 Å². The Hall–Kier alpha value is -3.67. The summed E-state index contributed by atoms with van der Waals surface area (Å²) in [6.07, 6.45) is -0.739. The Bertz CT molecular complexity index is 1630. The molecule has 1 amide bonds. The molecule has 38 heavy (non-hydrogen) atoms. The number of nitrogens with one attached hydrogen (secondary N) is 1. The molecule has 0 radical (unpaired) electrons. The summed E-state index contributed by atoms with van der Waals surface area (Å²) in [5, 5.41) is 33.7. The van der Waals surface area contributed by atoms with Crippen molar-refractivity contribution in [1.82, 2.24) is 14.9 Å². The number of rotatable bonds is 4. The summed E-state index contributed by atoms with van der Waals surface area (Å²) >= 11 is 0. The van der Waals surface area contributed by atoms with E-state index in [1.165, 1.54) is 10.6 Å². The Kier molecular flexibility index (Phi) is 5.46. The number of nitrogens with zero attached hydrogens (tertiary/aromatic N) is 2. The number of aliphatic hydroxyl groups excluding tert-OH is 2. The number of aryl methyl sites for hydroxylation is 1. The van der Waals surface area contributed by atoms with Crippen LogP contribution < -0.4 is 10.9 Å². The molecular formula is C27H26FN3O7. The van der Waals surface area contributed by atoms with Crippen molar-refractivity contribution < 1.29 is 34.0 Å². The summed E-state index contributed by atoms with van der Waals surface area (Å²) in [5.41, 5.74) is 1.62. The van der Waals surface area contributed by atoms with Crippen LogP contribution in [-0.4, -0.2) is 49.5 Å². The van der Waals surface area contributed by atoms with Gasteiger partial charge in [-0.05, 0) is 48.9 Å². The lowest BCUT2D eigenvalue weighted by Gasteiger charge is -2.31. The highest BCUT2D eigenvalue weighted by Crippen LogP contribution is 2.45. The third-order valence-corrected chi connectivity index (χ3v) is 8.17. The summed E-state index contributed by atoms with van der Waals surface area (Å²) < 4.78 is 21.5. The van der Waals surface area contributed by atoms with Crippen molar-refractivity contribution >= 4 is 22.8 Å². The second kappa shape index (κ2) is 8.42. The predicted octanol–water partition coefficient (Wildman–Crippen LogP) is 0.984.